The van der Waals surface area contributed by atoms with Crippen LogP contribution in [0.25, 0.3) is 5.65 Å². The minimum absolute atomic E-state index is 0.208. The van der Waals surface area contributed by atoms with Gasteiger partial charge < -0.3 is 9.80 Å². The van der Waals surface area contributed by atoms with Gasteiger partial charge in [-0.05, 0) is 43.4 Å². The van der Waals surface area contributed by atoms with E-state index in [-0.39, 0.29) is 29.1 Å². The van der Waals surface area contributed by atoms with Gasteiger partial charge in [0.05, 0.1) is 34.9 Å². The van der Waals surface area contributed by atoms with E-state index in [0.717, 1.165) is 74.6 Å². The van der Waals surface area contributed by atoms with Crippen molar-refractivity contribution in [2.24, 2.45) is 11.8 Å². The SMILES string of the molecule is CC1CN(c2cc(C3CN(N)C3)n3nc([C@@H]4CCCCN4C(=O)c4cc(Cl)ccc4NS(C)(=O)=O)cc3n2)C1. The summed E-state index contributed by atoms with van der Waals surface area (Å²) in [7, 11) is -3.59. The van der Waals surface area contributed by atoms with Crippen LogP contribution in [0.2, 0.25) is 5.02 Å². The van der Waals surface area contributed by atoms with E-state index in [9.17, 15) is 13.2 Å². The van der Waals surface area contributed by atoms with Gasteiger partial charge in [0.2, 0.25) is 10.0 Å². The molecule has 3 aromatic rings. The van der Waals surface area contributed by atoms with Gasteiger partial charge >= 0.3 is 0 Å². The Labute approximate surface area is 232 Å². The Kier molecular flexibility index (Phi) is 6.69. The van der Waals surface area contributed by atoms with Crippen molar-refractivity contribution in [3.63, 3.8) is 0 Å². The number of hydrazine groups is 1. The average Bonchev–Trinajstić information content (AvgIpc) is 3.28. The predicted molar refractivity (Wildman–Crippen MR) is 150 cm³/mol. The Morgan fingerprint density at radius 1 is 1.13 bits per heavy atom. The van der Waals surface area contributed by atoms with Crippen LogP contribution in [-0.4, -0.2) is 77.8 Å². The summed E-state index contributed by atoms with van der Waals surface area (Å²) in [5.74, 6) is 7.54. The summed E-state index contributed by atoms with van der Waals surface area (Å²) in [4.78, 5) is 22.9. The summed E-state index contributed by atoms with van der Waals surface area (Å²) in [5.41, 5.74) is 3.03. The van der Waals surface area contributed by atoms with Crippen LogP contribution < -0.4 is 15.5 Å². The molecule has 0 aliphatic carbocycles. The maximum absolute atomic E-state index is 13.9. The van der Waals surface area contributed by atoms with E-state index in [2.05, 4.69) is 22.6 Å². The number of sulfonamides is 1. The number of likely N-dealkylation sites (tertiary alicyclic amines) is 1. The Bertz CT molecular complexity index is 1530. The number of benzene rings is 1. The summed E-state index contributed by atoms with van der Waals surface area (Å²) >= 11 is 6.23. The first-order chi connectivity index (χ1) is 18.6. The highest BCUT2D eigenvalue weighted by Crippen LogP contribution is 2.36. The lowest BCUT2D eigenvalue weighted by molar-refractivity contribution is 0.0606. The highest BCUT2D eigenvalue weighted by molar-refractivity contribution is 7.92. The number of carbonyl (C=O) groups is 1. The van der Waals surface area contributed by atoms with Crippen LogP contribution in [0.4, 0.5) is 11.5 Å². The summed E-state index contributed by atoms with van der Waals surface area (Å²) in [6.07, 6.45) is 3.60. The highest BCUT2D eigenvalue weighted by atomic mass is 35.5. The van der Waals surface area contributed by atoms with E-state index < -0.39 is 10.0 Å². The minimum atomic E-state index is -3.59. The molecular formula is C26H33ClN8O3S. The molecule has 6 rings (SSSR count). The van der Waals surface area contributed by atoms with Gasteiger partial charge in [-0.3, -0.25) is 15.4 Å². The number of hydrogen-bond donors (Lipinski definition) is 2. The van der Waals surface area contributed by atoms with Gasteiger partial charge in [-0.25, -0.2) is 22.9 Å². The fraction of sp³-hybridized carbons (Fsp3) is 0.500. The minimum Gasteiger partial charge on any atom is -0.356 e. The van der Waals surface area contributed by atoms with Crippen molar-refractivity contribution in [2.75, 3.05) is 48.6 Å². The zero-order valence-corrected chi connectivity index (χ0v) is 23.6. The molecule has 0 spiro atoms. The number of fused-ring (bicyclic) bond motifs is 1. The number of aromatic nitrogens is 3. The zero-order valence-electron chi connectivity index (χ0n) is 22.0. The number of hydrogen-bond acceptors (Lipinski definition) is 8. The molecule has 3 saturated heterocycles. The van der Waals surface area contributed by atoms with Gasteiger partial charge in [0.1, 0.15) is 5.82 Å². The van der Waals surface area contributed by atoms with Crippen LogP contribution in [0.1, 0.15) is 59.9 Å². The van der Waals surface area contributed by atoms with Crippen LogP contribution in [0, 0.1) is 5.92 Å². The van der Waals surface area contributed by atoms with Crippen molar-refractivity contribution in [1.82, 2.24) is 24.5 Å². The van der Waals surface area contributed by atoms with Gasteiger partial charge in [-0.1, -0.05) is 18.5 Å². The zero-order chi connectivity index (χ0) is 27.5. The molecule has 3 aliphatic heterocycles. The topological polar surface area (TPSA) is 129 Å². The third kappa shape index (κ3) is 5.18. The lowest BCUT2D eigenvalue weighted by Gasteiger charge is -2.39. The molecule has 208 valence electrons. The highest BCUT2D eigenvalue weighted by Gasteiger charge is 2.35. The summed E-state index contributed by atoms with van der Waals surface area (Å²) in [6.45, 7) is 6.23. The number of carbonyl (C=O) groups excluding carboxylic acids is 1. The largest absolute Gasteiger partial charge is 0.356 e. The molecule has 1 aromatic carbocycles. The van der Waals surface area contributed by atoms with E-state index in [4.69, 9.17) is 27.5 Å². The van der Waals surface area contributed by atoms with Crippen LogP contribution >= 0.6 is 11.6 Å². The third-order valence-electron chi connectivity index (χ3n) is 7.79. The van der Waals surface area contributed by atoms with Crippen molar-refractivity contribution in [3.05, 3.63) is 52.3 Å². The number of nitrogens with two attached hydrogens (primary N) is 1. The maximum Gasteiger partial charge on any atom is 0.256 e. The molecule has 0 unspecified atom stereocenters. The average molecular weight is 573 g/mol. The number of amides is 1. The summed E-state index contributed by atoms with van der Waals surface area (Å²) < 4.78 is 28.3. The van der Waals surface area contributed by atoms with Crippen molar-refractivity contribution in [2.45, 2.75) is 38.1 Å². The molecule has 0 bridgehead atoms. The first-order valence-corrected chi connectivity index (χ1v) is 15.6. The van der Waals surface area contributed by atoms with Crippen molar-refractivity contribution in [1.29, 1.82) is 0 Å². The lowest BCUT2D eigenvalue weighted by atomic mass is 9.97. The Morgan fingerprint density at radius 3 is 2.59 bits per heavy atom. The standard InChI is InChI=1S/C26H33ClN8O3S/c1-16-12-32(13-16)24-11-23(17-14-33(28)15-17)35-25(29-24)10-21(30-35)22-5-3-4-8-34(22)26(36)19-9-18(27)6-7-20(19)31-39(2,37)38/h6-7,9-11,16-17,22,31H,3-5,8,12-15,28H2,1-2H3/t22-/m0/s1. The van der Waals surface area contributed by atoms with E-state index >= 15 is 0 Å². The monoisotopic (exact) mass is 572 g/mol. The summed E-state index contributed by atoms with van der Waals surface area (Å²) in [5, 5.41) is 7.14. The number of nitrogens with one attached hydrogen (secondary N) is 1. The normalized spacial score (nSPS) is 21.2. The molecule has 39 heavy (non-hydrogen) atoms. The predicted octanol–water partition coefficient (Wildman–Crippen LogP) is 2.85. The van der Waals surface area contributed by atoms with Gasteiger partial charge in [0.25, 0.3) is 5.91 Å². The van der Waals surface area contributed by atoms with Gasteiger partial charge in [-0.15, -0.1) is 0 Å². The number of piperidine rings is 1. The Hall–Kier alpha value is -2.93. The second-order valence-corrected chi connectivity index (χ2v) is 13.3. The molecule has 3 N–H and O–H groups in total. The first kappa shape index (κ1) is 26.3. The second-order valence-electron chi connectivity index (χ2n) is 11.1. The smallest absolute Gasteiger partial charge is 0.256 e. The number of anilines is 2. The van der Waals surface area contributed by atoms with Crippen molar-refractivity contribution in [3.8, 4) is 0 Å². The summed E-state index contributed by atoms with van der Waals surface area (Å²) in [6, 6.07) is 8.45. The molecule has 2 aromatic heterocycles. The molecule has 0 saturated carbocycles. The molecule has 3 fully saturated rings. The molecule has 5 heterocycles. The van der Waals surface area contributed by atoms with Crippen LogP contribution in [0.3, 0.4) is 0 Å². The maximum atomic E-state index is 13.9. The second kappa shape index (κ2) is 9.92. The third-order valence-corrected chi connectivity index (χ3v) is 8.61. The molecule has 0 radical (unpaired) electrons. The quantitative estimate of drug-likeness (QED) is 0.431. The van der Waals surface area contributed by atoms with Gasteiger partial charge in [0.15, 0.2) is 5.65 Å². The van der Waals surface area contributed by atoms with E-state index in [1.165, 1.54) is 12.1 Å². The van der Waals surface area contributed by atoms with Gasteiger partial charge in [0, 0.05) is 55.8 Å². The molecule has 3 aliphatic rings. The number of nitrogens with zero attached hydrogens (tertiary/aromatic N) is 6. The van der Waals surface area contributed by atoms with Crippen molar-refractivity contribution < 1.29 is 13.2 Å². The molecule has 1 amide bonds. The van der Waals surface area contributed by atoms with E-state index in [1.807, 2.05) is 10.6 Å². The number of rotatable bonds is 6. The molecular weight excluding hydrogens is 540 g/mol. The van der Waals surface area contributed by atoms with Crippen LogP contribution in [-0.2, 0) is 10.0 Å². The fourth-order valence-corrected chi connectivity index (χ4v) is 6.57. The molecule has 11 nitrogen and oxygen atoms in total. The first-order valence-electron chi connectivity index (χ1n) is 13.3. The van der Waals surface area contributed by atoms with Crippen LogP contribution in [0.5, 0.6) is 0 Å². The van der Waals surface area contributed by atoms with Gasteiger partial charge in [-0.2, -0.15) is 5.10 Å². The lowest BCUT2D eigenvalue weighted by Crippen LogP contribution is -2.50. The Balaban J connectivity index is 1.37. The van der Waals surface area contributed by atoms with Crippen LogP contribution in [0.15, 0.2) is 30.3 Å². The molecule has 1 atom stereocenters. The Morgan fingerprint density at radius 2 is 1.90 bits per heavy atom. The van der Waals surface area contributed by atoms with E-state index in [1.54, 1.807) is 16.0 Å². The molecule has 13 heteroatoms. The number of halogens is 1. The fourth-order valence-electron chi connectivity index (χ4n) is 5.82. The van der Waals surface area contributed by atoms with Crippen molar-refractivity contribution >= 4 is 44.7 Å². The van der Waals surface area contributed by atoms with E-state index in [0.29, 0.717) is 17.5 Å².